The predicted octanol–water partition coefficient (Wildman–Crippen LogP) is 1.41. The van der Waals surface area contributed by atoms with Gasteiger partial charge in [0.25, 0.3) is 0 Å². The Morgan fingerprint density at radius 3 is 2.83 bits per heavy atom. The summed E-state index contributed by atoms with van der Waals surface area (Å²) in [5.74, 6) is 0. The molecule has 0 saturated heterocycles. The molecular weight excluding hydrogens is 150 g/mol. The highest BCUT2D eigenvalue weighted by Crippen LogP contribution is 2.47. The van der Waals surface area contributed by atoms with Gasteiger partial charge in [-0.05, 0) is 37.5 Å². The van der Waals surface area contributed by atoms with Crippen molar-refractivity contribution in [1.82, 2.24) is 4.98 Å². The lowest BCUT2D eigenvalue weighted by molar-refractivity contribution is 0.255. The Morgan fingerprint density at radius 1 is 1.58 bits per heavy atom. The lowest BCUT2D eigenvalue weighted by Gasteiger charge is -2.11. The Balaban J connectivity index is 2.34. The minimum absolute atomic E-state index is 0.0910. The van der Waals surface area contributed by atoms with Crippen LogP contribution in [-0.4, -0.2) is 16.7 Å². The molecule has 1 fully saturated rings. The van der Waals surface area contributed by atoms with Crippen molar-refractivity contribution in [3.8, 4) is 0 Å². The number of rotatable bonds is 2. The van der Waals surface area contributed by atoms with Crippen LogP contribution in [0.25, 0.3) is 0 Å². The Labute approximate surface area is 72.3 Å². The molecule has 0 amide bonds. The standard InChI is InChI=1S/C10H13NO/c1-8-6-9(2-5-11-8)10(7-12)3-4-10/h2,5-6,12H,3-4,7H2,1H3. The average molecular weight is 163 g/mol. The molecular formula is C10H13NO. The van der Waals surface area contributed by atoms with Crippen molar-refractivity contribution in [2.45, 2.75) is 25.2 Å². The molecule has 64 valence electrons. The second-order valence-electron chi connectivity index (χ2n) is 3.62. The molecule has 1 aromatic rings. The van der Waals surface area contributed by atoms with Gasteiger partial charge in [-0.3, -0.25) is 4.98 Å². The maximum absolute atomic E-state index is 9.18. The van der Waals surface area contributed by atoms with Crippen LogP contribution in [0.2, 0.25) is 0 Å². The highest BCUT2D eigenvalue weighted by molar-refractivity contribution is 5.31. The van der Waals surface area contributed by atoms with Crippen LogP contribution < -0.4 is 0 Å². The van der Waals surface area contributed by atoms with E-state index in [1.807, 2.05) is 19.2 Å². The molecule has 0 spiro atoms. The molecule has 1 aromatic heterocycles. The summed E-state index contributed by atoms with van der Waals surface area (Å²) in [7, 11) is 0. The predicted molar refractivity (Wildman–Crippen MR) is 47.0 cm³/mol. The Morgan fingerprint density at radius 2 is 2.33 bits per heavy atom. The van der Waals surface area contributed by atoms with E-state index in [0.29, 0.717) is 0 Å². The van der Waals surface area contributed by atoms with Crippen molar-refractivity contribution in [1.29, 1.82) is 0 Å². The van der Waals surface area contributed by atoms with E-state index in [1.54, 1.807) is 0 Å². The van der Waals surface area contributed by atoms with Gasteiger partial charge in [0.1, 0.15) is 0 Å². The average Bonchev–Trinajstić information content (AvgIpc) is 2.84. The smallest absolute Gasteiger partial charge is 0.0527 e. The molecule has 1 saturated carbocycles. The largest absolute Gasteiger partial charge is 0.395 e. The lowest BCUT2D eigenvalue weighted by Crippen LogP contribution is -2.11. The summed E-state index contributed by atoms with van der Waals surface area (Å²) in [6.07, 6.45) is 4.06. The van der Waals surface area contributed by atoms with Crippen LogP contribution in [0.5, 0.6) is 0 Å². The Kier molecular flexibility index (Phi) is 1.65. The highest BCUT2D eigenvalue weighted by Gasteiger charge is 2.43. The third-order valence-corrected chi connectivity index (χ3v) is 2.67. The van der Waals surface area contributed by atoms with Crippen LogP contribution in [-0.2, 0) is 5.41 Å². The van der Waals surface area contributed by atoms with Gasteiger partial charge in [-0.2, -0.15) is 0 Å². The number of hydrogen-bond donors (Lipinski definition) is 1. The summed E-state index contributed by atoms with van der Waals surface area (Å²) in [5.41, 5.74) is 2.37. The van der Waals surface area contributed by atoms with Gasteiger partial charge in [0, 0.05) is 17.3 Å². The zero-order valence-electron chi connectivity index (χ0n) is 7.25. The van der Waals surface area contributed by atoms with E-state index in [2.05, 4.69) is 11.1 Å². The van der Waals surface area contributed by atoms with E-state index < -0.39 is 0 Å². The number of aromatic nitrogens is 1. The Bertz CT molecular complexity index is 292. The van der Waals surface area contributed by atoms with Gasteiger partial charge in [-0.15, -0.1) is 0 Å². The number of pyridine rings is 1. The van der Waals surface area contributed by atoms with Crippen LogP contribution in [0.4, 0.5) is 0 Å². The summed E-state index contributed by atoms with van der Waals surface area (Å²) in [6.45, 7) is 2.26. The zero-order chi connectivity index (χ0) is 8.60. The first kappa shape index (κ1) is 7.74. The topological polar surface area (TPSA) is 33.1 Å². The molecule has 2 heteroatoms. The van der Waals surface area contributed by atoms with Crippen LogP contribution in [0.15, 0.2) is 18.3 Å². The zero-order valence-corrected chi connectivity index (χ0v) is 7.25. The third kappa shape index (κ3) is 1.12. The first-order chi connectivity index (χ1) is 5.77. The van der Waals surface area contributed by atoms with Crippen molar-refractivity contribution >= 4 is 0 Å². The second-order valence-corrected chi connectivity index (χ2v) is 3.62. The third-order valence-electron chi connectivity index (χ3n) is 2.67. The molecule has 0 radical (unpaired) electrons. The fraction of sp³-hybridized carbons (Fsp3) is 0.500. The van der Waals surface area contributed by atoms with Gasteiger partial charge in [0.15, 0.2) is 0 Å². The first-order valence-electron chi connectivity index (χ1n) is 4.31. The summed E-state index contributed by atoms with van der Waals surface area (Å²) in [5, 5.41) is 9.18. The fourth-order valence-electron chi connectivity index (χ4n) is 1.56. The van der Waals surface area contributed by atoms with Gasteiger partial charge >= 0.3 is 0 Å². The molecule has 1 N–H and O–H groups in total. The summed E-state index contributed by atoms with van der Waals surface area (Å²) >= 11 is 0. The maximum Gasteiger partial charge on any atom is 0.0527 e. The molecule has 0 unspecified atom stereocenters. The SMILES string of the molecule is Cc1cc(C2(CO)CC2)ccn1. The van der Waals surface area contributed by atoms with E-state index in [1.165, 1.54) is 5.56 Å². The number of aliphatic hydroxyl groups excluding tert-OH is 1. The van der Waals surface area contributed by atoms with E-state index in [-0.39, 0.29) is 12.0 Å². The number of aryl methyl sites for hydroxylation is 1. The van der Waals surface area contributed by atoms with Gasteiger partial charge < -0.3 is 5.11 Å². The first-order valence-corrected chi connectivity index (χ1v) is 4.31. The number of aliphatic hydroxyl groups is 1. The van der Waals surface area contributed by atoms with E-state index in [4.69, 9.17) is 0 Å². The lowest BCUT2D eigenvalue weighted by atomic mass is 9.98. The molecule has 1 aliphatic rings. The van der Waals surface area contributed by atoms with Crippen molar-refractivity contribution < 1.29 is 5.11 Å². The highest BCUT2D eigenvalue weighted by atomic mass is 16.3. The van der Waals surface area contributed by atoms with Crippen molar-refractivity contribution in [2.24, 2.45) is 0 Å². The van der Waals surface area contributed by atoms with Crippen molar-refractivity contribution in [3.63, 3.8) is 0 Å². The van der Waals surface area contributed by atoms with Crippen molar-refractivity contribution in [3.05, 3.63) is 29.6 Å². The molecule has 0 atom stereocenters. The van der Waals surface area contributed by atoms with Gasteiger partial charge in [-0.1, -0.05) is 0 Å². The fourth-order valence-corrected chi connectivity index (χ4v) is 1.56. The van der Waals surface area contributed by atoms with Gasteiger partial charge in [-0.25, -0.2) is 0 Å². The van der Waals surface area contributed by atoms with Crippen molar-refractivity contribution in [2.75, 3.05) is 6.61 Å². The monoisotopic (exact) mass is 163 g/mol. The van der Waals surface area contributed by atoms with E-state index >= 15 is 0 Å². The second kappa shape index (κ2) is 2.56. The van der Waals surface area contributed by atoms with Crippen LogP contribution >= 0.6 is 0 Å². The molecule has 0 aliphatic heterocycles. The maximum atomic E-state index is 9.18. The van der Waals surface area contributed by atoms with Gasteiger partial charge in [0.2, 0.25) is 0 Å². The summed E-state index contributed by atoms with van der Waals surface area (Å²) in [4.78, 5) is 4.13. The molecule has 0 aromatic carbocycles. The molecule has 1 heterocycles. The number of hydrogen-bond acceptors (Lipinski definition) is 2. The van der Waals surface area contributed by atoms with Crippen LogP contribution in [0.1, 0.15) is 24.1 Å². The Hall–Kier alpha value is -0.890. The quantitative estimate of drug-likeness (QED) is 0.715. The summed E-state index contributed by atoms with van der Waals surface area (Å²) < 4.78 is 0. The molecule has 0 bridgehead atoms. The normalized spacial score (nSPS) is 19.2. The molecule has 12 heavy (non-hydrogen) atoms. The number of nitrogens with zero attached hydrogens (tertiary/aromatic N) is 1. The van der Waals surface area contributed by atoms with Gasteiger partial charge in [0.05, 0.1) is 6.61 Å². The molecule has 1 aliphatic carbocycles. The van der Waals surface area contributed by atoms with Crippen LogP contribution in [0, 0.1) is 6.92 Å². The van der Waals surface area contributed by atoms with Crippen LogP contribution in [0.3, 0.4) is 0 Å². The van der Waals surface area contributed by atoms with E-state index in [0.717, 1.165) is 18.5 Å². The molecule has 2 rings (SSSR count). The molecule has 2 nitrogen and oxygen atoms in total. The van der Waals surface area contributed by atoms with E-state index in [9.17, 15) is 5.11 Å². The minimum Gasteiger partial charge on any atom is -0.395 e. The minimum atomic E-state index is 0.0910. The summed E-state index contributed by atoms with van der Waals surface area (Å²) in [6, 6.07) is 4.08.